The zero-order valence-corrected chi connectivity index (χ0v) is 24.3. The number of hydrogen-bond acceptors (Lipinski definition) is 14. The molecule has 0 bridgehead atoms. The third-order valence-electron chi connectivity index (χ3n) is 5.46. The van der Waals surface area contributed by atoms with Gasteiger partial charge in [-0.25, -0.2) is 9.67 Å². The number of rotatable bonds is 8. The van der Waals surface area contributed by atoms with Crippen molar-refractivity contribution >= 4 is 56.9 Å². The van der Waals surface area contributed by atoms with E-state index in [4.69, 9.17) is 18.9 Å². The Morgan fingerprint density at radius 2 is 1.95 bits per heavy atom. The monoisotopic (exact) mass is 652 g/mol. The summed E-state index contributed by atoms with van der Waals surface area (Å²) in [7, 11) is 0. The molecule has 3 aromatic rings. The molecule has 0 spiro atoms. The topological polar surface area (TPSA) is 188 Å². The summed E-state index contributed by atoms with van der Waals surface area (Å²) in [4.78, 5) is 54.8. The number of nitrogens with one attached hydrogen (secondary N) is 1. The molecule has 0 radical (unpaired) electrons. The standard InChI is InChI=1S/C23H21BrN6O8S2/c1-10(31)35-8-18-20(36-11(2)32)19(30-7-16(28-29-30)17-9-39-23(34)27-17)21(37-12(3)33)22(38-18)40-13-4-14(24)15(5-25)26-6-13/h4,6-7,9,18-22H,8H2,1-3H3,(H,27,34). The van der Waals surface area contributed by atoms with Gasteiger partial charge in [-0.3, -0.25) is 19.2 Å². The molecule has 4 heterocycles. The van der Waals surface area contributed by atoms with Crippen LogP contribution >= 0.6 is 39.0 Å². The van der Waals surface area contributed by atoms with Gasteiger partial charge in [0.2, 0.25) is 0 Å². The van der Waals surface area contributed by atoms with Crippen LogP contribution in [0.4, 0.5) is 0 Å². The summed E-state index contributed by atoms with van der Waals surface area (Å²) in [6.45, 7) is 3.35. The van der Waals surface area contributed by atoms with E-state index in [1.165, 1.54) is 37.8 Å². The highest BCUT2D eigenvalue weighted by molar-refractivity contribution is 9.10. The molecule has 1 aliphatic heterocycles. The van der Waals surface area contributed by atoms with Crippen LogP contribution in [0.2, 0.25) is 0 Å². The first-order valence-corrected chi connectivity index (χ1v) is 14.1. The first-order chi connectivity index (χ1) is 19.0. The highest BCUT2D eigenvalue weighted by Gasteiger charge is 2.52. The zero-order chi connectivity index (χ0) is 29.0. The van der Waals surface area contributed by atoms with Crippen LogP contribution in [0.3, 0.4) is 0 Å². The molecule has 17 heteroatoms. The Hall–Kier alpha value is -3.59. The molecule has 1 saturated heterocycles. The van der Waals surface area contributed by atoms with Crippen molar-refractivity contribution in [1.82, 2.24) is 25.0 Å². The first kappa shape index (κ1) is 29.4. The van der Waals surface area contributed by atoms with Gasteiger partial charge in [-0.15, -0.1) is 5.10 Å². The Morgan fingerprint density at radius 3 is 2.55 bits per heavy atom. The maximum Gasteiger partial charge on any atom is 0.304 e. The van der Waals surface area contributed by atoms with Gasteiger partial charge in [0, 0.05) is 37.2 Å². The Kier molecular flexibility index (Phi) is 9.35. The Bertz CT molecular complexity index is 1520. The van der Waals surface area contributed by atoms with Gasteiger partial charge in [-0.2, -0.15) is 5.26 Å². The molecule has 5 unspecified atom stereocenters. The lowest BCUT2D eigenvalue weighted by Gasteiger charge is -2.44. The van der Waals surface area contributed by atoms with Gasteiger partial charge in [-0.1, -0.05) is 28.3 Å². The van der Waals surface area contributed by atoms with Gasteiger partial charge in [-0.05, 0) is 22.0 Å². The lowest BCUT2D eigenvalue weighted by Crippen LogP contribution is -2.57. The molecule has 0 aliphatic carbocycles. The zero-order valence-electron chi connectivity index (χ0n) is 21.1. The second-order valence-corrected chi connectivity index (χ2v) is 11.2. The number of nitrogens with zero attached hydrogens (tertiary/aromatic N) is 5. The van der Waals surface area contributed by atoms with E-state index in [0.717, 1.165) is 23.1 Å². The summed E-state index contributed by atoms with van der Waals surface area (Å²) in [5, 5.41) is 19.1. The number of nitriles is 1. The Labute approximate surface area is 243 Å². The molecule has 210 valence electrons. The highest BCUT2D eigenvalue weighted by Crippen LogP contribution is 2.41. The van der Waals surface area contributed by atoms with Crippen molar-refractivity contribution in [2.75, 3.05) is 6.61 Å². The van der Waals surface area contributed by atoms with Crippen molar-refractivity contribution in [3.05, 3.63) is 43.7 Å². The van der Waals surface area contributed by atoms with Crippen LogP contribution in [0.5, 0.6) is 0 Å². The highest BCUT2D eigenvalue weighted by atomic mass is 79.9. The molecule has 0 amide bonds. The average molecular weight is 653 g/mol. The summed E-state index contributed by atoms with van der Waals surface area (Å²) in [6.07, 6.45) is -0.293. The van der Waals surface area contributed by atoms with Gasteiger partial charge in [0.1, 0.15) is 36.0 Å². The maximum absolute atomic E-state index is 12.3. The minimum Gasteiger partial charge on any atom is -0.463 e. The maximum atomic E-state index is 12.3. The number of halogens is 1. The fourth-order valence-corrected chi connectivity index (χ4v) is 6.21. The molecular formula is C23H21BrN6O8S2. The summed E-state index contributed by atoms with van der Waals surface area (Å²) in [5.41, 5.74) is -0.0460. The van der Waals surface area contributed by atoms with Crippen LogP contribution in [-0.4, -0.2) is 73.2 Å². The summed E-state index contributed by atoms with van der Waals surface area (Å²) < 4.78 is 24.6. The van der Waals surface area contributed by atoms with E-state index in [9.17, 15) is 24.4 Å². The second kappa shape index (κ2) is 12.7. The van der Waals surface area contributed by atoms with Crippen LogP contribution in [0.15, 0.2) is 38.0 Å². The van der Waals surface area contributed by atoms with Crippen molar-refractivity contribution < 1.29 is 33.3 Å². The minimum atomic E-state index is -1.14. The molecular weight excluding hydrogens is 632 g/mol. The van der Waals surface area contributed by atoms with Crippen molar-refractivity contribution in [3.8, 4) is 17.5 Å². The van der Waals surface area contributed by atoms with Crippen LogP contribution in [0, 0.1) is 11.3 Å². The van der Waals surface area contributed by atoms with E-state index in [1.807, 2.05) is 6.07 Å². The third kappa shape index (κ3) is 6.94. The van der Waals surface area contributed by atoms with Crippen molar-refractivity contribution in [2.24, 2.45) is 0 Å². The molecule has 1 aliphatic rings. The largest absolute Gasteiger partial charge is 0.463 e. The lowest BCUT2D eigenvalue weighted by molar-refractivity contribution is -0.212. The average Bonchev–Trinajstić information content (AvgIpc) is 3.53. The Morgan fingerprint density at radius 1 is 1.23 bits per heavy atom. The molecule has 5 atom stereocenters. The quantitative estimate of drug-likeness (QED) is 0.276. The van der Waals surface area contributed by atoms with Gasteiger partial charge < -0.3 is 23.9 Å². The molecule has 0 aromatic carbocycles. The van der Waals surface area contributed by atoms with E-state index in [1.54, 1.807) is 11.4 Å². The number of carbonyl (C=O) groups excluding carboxylic acids is 3. The number of aromatic amines is 1. The van der Waals surface area contributed by atoms with Crippen LogP contribution in [0.25, 0.3) is 11.4 Å². The van der Waals surface area contributed by atoms with E-state index < -0.39 is 47.7 Å². The van der Waals surface area contributed by atoms with Crippen LogP contribution in [-0.2, 0) is 33.3 Å². The Balaban J connectivity index is 1.80. The predicted octanol–water partition coefficient (Wildman–Crippen LogP) is 2.21. The second-order valence-electron chi connectivity index (χ2n) is 8.36. The fourth-order valence-electron chi connectivity index (χ4n) is 3.93. The van der Waals surface area contributed by atoms with Crippen molar-refractivity contribution in [1.29, 1.82) is 5.26 Å². The van der Waals surface area contributed by atoms with Gasteiger partial charge >= 0.3 is 22.8 Å². The van der Waals surface area contributed by atoms with Gasteiger partial charge in [0.15, 0.2) is 17.9 Å². The molecule has 1 fully saturated rings. The molecule has 4 rings (SSSR count). The van der Waals surface area contributed by atoms with E-state index in [2.05, 4.69) is 36.2 Å². The van der Waals surface area contributed by atoms with E-state index in [-0.39, 0.29) is 17.2 Å². The number of esters is 3. The number of pyridine rings is 1. The van der Waals surface area contributed by atoms with E-state index in [0.29, 0.717) is 20.8 Å². The van der Waals surface area contributed by atoms with Crippen molar-refractivity contribution in [3.63, 3.8) is 0 Å². The number of hydrogen-bond donors (Lipinski definition) is 1. The molecule has 40 heavy (non-hydrogen) atoms. The van der Waals surface area contributed by atoms with Crippen molar-refractivity contribution in [2.45, 2.75) is 55.5 Å². The molecule has 3 aromatic heterocycles. The summed E-state index contributed by atoms with van der Waals surface area (Å²) >= 11 is 5.38. The molecule has 0 saturated carbocycles. The van der Waals surface area contributed by atoms with Gasteiger partial charge in [0.25, 0.3) is 0 Å². The summed E-state index contributed by atoms with van der Waals surface area (Å²) in [6, 6.07) is 2.61. The van der Waals surface area contributed by atoms with Crippen LogP contribution in [0.1, 0.15) is 32.5 Å². The fraction of sp³-hybridized carbons (Fsp3) is 0.391. The number of thioether (sulfide) groups is 1. The molecule has 1 N–H and O–H groups in total. The van der Waals surface area contributed by atoms with Crippen LogP contribution < -0.4 is 4.87 Å². The lowest BCUT2D eigenvalue weighted by atomic mass is 9.96. The summed E-state index contributed by atoms with van der Waals surface area (Å²) in [5.74, 6) is -1.90. The number of thiazole rings is 1. The smallest absolute Gasteiger partial charge is 0.304 e. The number of aromatic nitrogens is 5. The number of H-pyrrole nitrogens is 1. The van der Waals surface area contributed by atoms with E-state index >= 15 is 0 Å². The number of ether oxygens (including phenoxy) is 4. The number of carbonyl (C=O) groups is 3. The molecule has 14 nitrogen and oxygen atoms in total. The normalized spacial score (nSPS) is 22.2. The third-order valence-corrected chi connectivity index (χ3v) is 7.84. The SMILES string of the molecule is CC(=O)OCC1OC(Sc2cnc(C#N)c(Br)c2)C(OC(C)=O)C(n2cc(-c3csc(=O)[nH]3)nn2)C1OC(C)=O. The first-order valence-electron chi connectivity index (χ1n) is 11.5. The minimum absolute atomic E-state index is 0.174. The predicted molar refractivity (Wildman–Crippen MR) is 142 cm³/mol. The van der Waals surface area contributed by atoms with Gasteiger partial charge in [0.05, 0.1) is 16.4 Å².